The molecule has 1 nitrogen and oxygen atoms in total. The predicted molar refractivity (Wildman–Crippen MR) is 118 cm³/mol. The predicted octanol–water partition coefficient (Wildman–Crippen LogP) is 6.87. The summed E-state index contributed by atoms with van der Waals surface area (Å²) in [5, 5.41) is 1.29. The van der Waals surface area contributed by atoms with Crippen molar-refractivity contribution in [1.29, 1.82) is 0 Å². The summed E-state index contributed by atoms with van der Waals surface area (Å²) < 4.78 is 2.94. The Balaban J connectivity index is 1.88. The van der Waals surface area contributed by atoms with E-state index in [9.17, 15) is 0 Å². The van der Waals surface area contributed by atoms with Gasteiger partial charge in [-0.15, -0.1) is 0 Å². The SMILES string of the molecule is CC(C)c1cccc(C(C)C)c1-c1cc2cnc(-c3ccccc3)cc2[se]1. The van der Waals surface area contributed by atoms with Crippen LogP contribution in [-0.2, 0) is 0 Å². The van der Waals surface area contributed by atoms with Gasteiger partial charge in [0.2, 0.25) is 0 Å². The topological polar surface area (TPSA) is 12.9 Å². The summed E-state index contributed by atoms with van der Waals surface area (Å²) in [4.78, 5) is 4.73. The van der Waals surface area contributed by atoms with Crippen molar-refractivity contribution < 1.29 is 0 Å². The van der Waals surface area contributed by atoms with E-state index in [1.807, 2.05) is 0 Å². The minimum atomic E-state index is 0.316. The zero-order valence-corrected chi connectivity index (χ0v) is 18.1. The summed E-state index contributed by atoms with van der Waals surface area (Å²) in [5.74, 6) is 1.05. The number of pyridine rings is 1. The molecule has 2 heteroatoms. The first-order valence-electron chi connectivity index (χ1n) is 9.62. The van der Waals surface area contributed by atoms with Crippen LogP contribution in [0.25, 0.3) is 30.9 Å². The van der Waals surface area contributed by atoms with Gasteiger partial charge in [-0.3, -0.25) is 0 Å². The van der Waals surface area contributed by atoms with Crippen LogP contribution in [0, 0.1) is 0 Å². The number of aromatic nitrogens is 1. The summed E-state index contributed by atoms with van der Waals surface area (Å²) in [6.07, 6.45) is 2.06. The summed E-state index contributed by atoms with van der Waals surface area (Å²) in [7, 11) is 0. The van der Waals surface area contributed by atoms with Gasteiger partial charge >= 0.3 is 168 Å². The van der Waals surface area contributed by atoms with E-state index in [0.717, 1.165) is 5.69 Å². The normalized spacial score (nSPS) is 11.6. The first kappa shape index (κ1) is 18.2. The average molecular weight is 418 g/mol. The first-order valence-corrected chi connectivity index (χ1v) is 11.3. The molecule has 0 aliphatic heterocycles. The van der Waals surface area contributed by atoms with Crippen molar-refractivity contribution >= 4 is 24.1 Å². The van der Waals surface area contributed by atoms with Gasteiger partial charge in [0.05, 0.1) is 0 Å². The summed E-state index contributed by atoms with van der Waals surface area (Å²) in [5.41, 5.74) is 6.69. The molecule has 0 spiro atoms. The van der Waals surface area contributed by atoms with Gasteiger partial charge in [-0.2, -0.15) is 0 Å². The minimum absolute atomic E-state index is 0.316. The van der Waals surface area contributed by atoms with Crippen molar-refractivity contribution in [2.24, 2.45) is 0 Å². The van der Waals surface area contributed by atoms with Crippen LogP contribution < -0.4 is 0 Å². The molecule has 136 valence electrons. The molecular weight excluding hydrogens is 393 g/mol. The molecule has 4 aromatic rings. The van der Waals surface area contributed by atoms with Crippen molar-refractivity contribution in [2.45, 2.75) is 39.5 Å². The van der Waals surface area contributed by atoms with E-state index in [4.69, 9.17) is 4.98 Å². The Bertz CT molecular complexity index is 1050. The van der Waals surface area contributed by atoms with Gasteiger partial charge in [-0.05, 0) is 0 Å². The molecule has 0 bridgehead atoms. The van der Waals surface area contributed by atoms with E-state index in [-0.39, 0.29) is 0 Å². The van der Waals surface area contributed by atoms with E-state index in [2.05, 4.69) is 94.6 Å². The molecular formula is C25H25NSe. The zero-order valence-electron chi connectivity index (χ0n) is 16.4. The van der Waals surface area contributed by atoms with E-state index >= 15 is 0 Å². The second kappa shape index (κ2) is 7.46. The van der Waals surface area contributed by atoms with Crippen LogP contribution in [0.2, 0.25) is 0 Å². The fraction of sp³-hybridized carbons (Fsp3) is 0.240. The Morgan fingerprint density at radius 1 is 0.778 bits per heavy atom. The summed E-state index contributed by atoms with van der Waals surface area (Å²) in [6.45, 7) is 9.20. The maximum absolute atomic E-state index is 4.73. The zero-order chi connectivity index (χ0) is 19.0. The van der Waals surface area contributed by atoms with Crippen LogP contribution in [0.15, 0.2) is 66.9 Å². The van der Waals surface area contributed by atoms with E-state index in [0.29, 0.717) is 26.3 Å². The molecule has 0 N–H and O–H groups in total. The van der Waals surface area contributed by atoms with Gasteiger partial charge in [0.1, 0.15) is 0 Å². The molecule has 0 unspecified atom stereocenters. The van der Waals surface area contributed by atoms with Crippen molar-refractivity contribution in [3.63, 3.8) is 0 Å². The van der Waals surface area contributed by atoms with Crippen LogP contribution >= 0.6 is 0 Å². The third-order valence-electron chi connectivity index (χ3n) is 5.09. The molecule has 2 heterocycles. The third kappa shape index (κ3) is 3.52. The standard InChI is InChI=1S/C25H25NSe/c1-16(2)20-11-8-12-21(17(3)4)25(20)24-13-19-15-26-22(14-23(19)27-24)18-9-6-5-7-10-18/h5-17H,1-4H3. The Morgan fingerprint density at radius 3 is 2.07 bits per heavy atom. The molecule has 27 heavy (non-hydrogen) atoms. The van der Waals surface area contributed by atoms with Crippen LogP contribution in [0.5, 0.6) is 0 Å². The number of nitrogens with zero attached hydrogens (tertiary/aromatic N) is 1. The molecule has 0 amide bonds. The summed E-state index contributed by atoms with van der Waals surface area (Å²) >= 11 is 0.316. The van der Waals surface area contributed by atoms with Gasteiger partial charge in [0, 0.05) is 0 Å². The fourth-order valence-electron chi connectivity index (χ4n) is 3.66. The van der Waals surface area contributed by atoms with Crippen molar-refractivity contribution in [3.05, 3.63) is 78.0 Å². The fourth-order valence-corrected chi connectivity index (χ4v) is 6.09. The molecule has 0 saturated heterocycles. The number of fused-ring (bicyclic) bond motifs is 1. The number of rotatable bonds is 4. The molecule has 2 aromatic heterocycles. The van der Waals surface area contributed by atoms with Gasteiger partial charge < -0.3 is 0 Å². The molecule has 0 atom stereocenters. The Labute approximate surface area is 167 Å². The second-order valence-corrected chi connectivity index (χ2v) is 9.98. The Kier molecular flexibility index (Phi) is 5.04. The van der Waals surface area contributed by atoms with Crippen LogP contribution in [-0.4, -0.2) is 19.5 Å². The van der Waals surface area contributed by atoms with Crippen molar-refractivity contribution in [3.8, 4) is 21.3 Å². The first-order chi connectivity index (χ1) is 13.0. The molecule has 0 radical (unpaired) electrons. The number of benzene rings is 2. The molecule has 0 saturated carbocycles. The van der Waals surface area contributed by atoms with Crippen molar-refractivity contribution in [1.82, 2.24) is 4.98 Å². The monoisotopic (exact) mass is 419 g/mol. The van der Waals surface area contributed by atoms with E-state index < -0.39 is 0 Å². The molecule has 4 rings (SSSR count). The van der Waals surface area contributed by atoms with Crippen LogP contribution in [0.1, 0.15) is 50.7 Å². The average Bonchev–Trinajstić information content (AvgIpc) is 3.11. The number of hydrogen-bond donors (Lipinski definition) is 0. The molecule has 0 aliphatic carbocycles. The number of hydrogen-bond acceptors (Lipinski definition) is 1. The molecule has 2 aromatic carbocycles. The summed E-state index contributed by atoms with van der Waals surface area (Å²) in [6, 6.07) is 22.0. The van der Waals surface area contributed by atoms with E-state index in [1.165, 1.54) is 36.3 Å². The van der Waals surface area contributed by atoms with Crippen LogP contribution in [0.4, 0.5) is 0 Å². The van der Waals surface area contributed by atoms with Gasteiger partial charge in [0.15, 0.2) is 0 Å². The third-order valence-corrected chi connectivity index (χ3v) is 7.43. The molecule has 0 fully saturated rings. The molecule has 0 aliphatic rings. The second-order valence-electron chi connectivity index (χ2n) is 7.70. The Morgan fingerprint density at radius 2 is 1.44 bits per heavy atom. The van der Waals surface area contributed by atoms with Gasteiger partial charge in [0.25, 0.3) is 0 Å². The quantitative estimate of drug-likeness (QED) is 0.330. The Hall–Kier alpha value is -2.15. The van der Waals surface area contributed by atoms with Gasteiger partial charge in [-0.25, -0.2) is 0 Å². The van der Waals surface area contributed by atoms with Crippen molar-refractivity contribution in [2.75, 3.05) is 0 Å². The van der Waals surface area contributed by atoms with Crippen LogP contribution in [0.3, 0.4) is 0 Å². The van der Waals surface area contributed by atoms with E-state index in [1.54, 1.807) is 0 Å². The van der Waals surface area contributed by atoms with Gasteiger partial charge in [-0.1, -0.05) is 0 Å². The maximum atomic E-state index is 4.73.